The first-order valence-electron chi connectivity index (χ1n) is 8.98. The smallest absolute Gasteiger partial charge is 0.191 e. The predicted molar refractivity (Wildman–Crippen MR) is 113 cm³/mol. The first kappa shape index (κ1) is 21.3. The minimum absolute atomic E-state index is 0. The largest absolute Gasteiger partial charge is 0.355 e. The predicted octanol–water partition coefficient (Wildman–Crippen LogP) is 2.78. The van der Waals surface area contributed by atoms with Crippen LogP contribution in [-0.4, -0.2) is 54.7 Å². The quantitative estimate of drug-likeness (QED) is 0.384. The van der Waals surface area contributed by atoms with Crippen molar-refractivity contribution < 1.29 is 0 Å². The first-order chi connectivity index (χ1) is 11.2. The molecule has 0 aromatic carbocycles. The van der Waals surface area contributed by atoms with Crippen molar-refractivity contribution in [3.05, 3.63) is 24.5 Å². The molecule has 1 aromatic rings. The van der Waals surface area contributed by atoms with Crippen LogP contribution in [0.25, 0.3) is 0 Å². The Hall–Kier alpha value is -0.760. The topological polar surface area (TPSA) is 44.6 Å². The molecule has 1 aliphatic rings. The van der Waals surface area contributed by atoms with Crippen molar-refractivity contribution in [1.29, 1.82) is 0 Å². The molecule has 5 nitrogen and oxygen atoms in total. The summed E-state index contributed by atoms with van der Waals surface area (Å²) in [5.41, 5.74) is 0. The number of nitrogens with zero attached hydrogens (tertiary/aromatic N) is 3. The van der Waals surface area contributed by atoms with Crippen LogP contribution in [0.4, 0.5) is 0 Å². The van der Waals surface area contributed by atoms with E-state index in [1.165, 1.54) is 32.4 Å². The van der Waals surface area contributed by atoms with Crippen LogP contribution >= 0.6 is 24.0 Å². The van der Waals surface area contributed by atoms with Crippen LogP contribution in [0.1, 0.15) is 33.1 Å². The summed E-state index contributed by atoms with van der Waals surface area (Å²) < 4.78 is 2.17. The summed E-state index contributed by atoms with van der Waals surface area (Å²) in [5.74, 6) is 1.64. The molecule has 6 heteroatoms. The average Bonchev–Trinajstić information content (AvgIpc) is 3.05. The number of aromatic nitrogens is 1. The van der Waals surface area contributed by atoms with Gasteiger partial charge in [0, 0.05) is 51.7 Å². The molecular weight excluding hydrogens is 413 g/mol. The Labute approximate surface area is 164 Å². The van der Waals surface area contributed by atoms with Gasteiger partial charge in [-0.05, 0) is 37.4 Å². The van der Waals surface area contributed by atoms with Gasteiger partial charge in [0.15, 0.2) is 5.96 Å². The molecule has 0 aliphatic carbocycles. The standard InChI is InChI=1S/C18H33N5.HI/c1-16(2)15-23-12-5-4-8-17(23)14-21-18(19-3)20-9-13-22-10-6-7-11-22;/h6-7,10-11,16-17H,4-5,8-9,12-15H2,1-3H3,(H2,19,20,21);1H. The lowest BCUT2D eigenvalue weighted by Gasteiger charge is -2.37. The molecule has 0 amide bonds. The van der Waals surface area contributed by atoms with Gasteiger partial charge in [0.05, 0.1) is 0 Å². The Morgan fingerprint density at radius 3 is 2.62 bits per heavy atom. The molecule has 1 aliphatic heterocycles. The Balaban J connectivity index is 0.00000288. The number of likely N-dealkylation sites (tertiary alicyclic amines) is 1. The lowest BCUT2D eigenvalue weighted by atomic mass is 10.0. The van der Waals surface area contributed by atoms with Gasteiger partial charge < -0.3 is 15.2 Å². The van der Waals surface area contributed by atoms with Gasteiger partial charge >= 0.3 is 0 Å². The molecule has 0 saturated carbocycles. The second kappa shape index (κ2) is 11.7. The van der Waals surface area contributed by atoms with E-state index in [4.69, 9.17) is 0 Å². The summed E-state index contributed by atoms with van der Waals surface area (Å²) in [5, 5.41) is 6.91. The monoisotopic (exact) mass is 447 g/mol. The van der Waals surface area contributed by atoms with Gasteiger partial charge in [-0.2, -0.15) is 0 Å². The number of halogens is 1. The fraction of sp³-hybridized carbons (Fsp3) is 0.722. The second-order valence-corrected chi connectivity index (χ2v) is 6.84. The van der Waals surface area contributed by atoms with Crippen LogP contribution in [0.2, 0.25) is 0 Å². The Bertz CT molecular complexity index is 458. The van der Waals surface area contributed by atoms with Gasteiger partial charge in [0.25, 0.3) is 0 Å². The van der Waals surface area contributed by atoms with E-state index < -0.39 is 0 Å². The van der Waals surface area contributed by atoms with Crippen LogP contribution in [0.15, 0.2) is 29.5 Å². The fourth-order valence-electron chi connectivity index (χ4n) is 3.26. The Morgan fingerprint density at radius 2 is 1.96 bits per heavy atom. The third-order valence-corrected chi connectivity index (χ3v) is 4.41. The number of hydrogen-bond donors (Lipinski definition) is 2. The summed E-state index contributed by atoms with van der Waals surface area (Å²) in [4.78, 5) is 6.99. The van der Waals surface area contributed by atoms with Crippen molar-refractivity contribution in [1.82, 2.24) is 20.1 Å². The maximum atomic E-state index is 4.34. The summed E-state index contributed by atoms with van der Waals surface area (Å²) in [6.07, 6.45) is 8.15. The van der Waals surface area contributed by atoms with Crippen LogP contribution in [0.5, 0.6) is 0 Å². The van der Waals surface area contributed by atoms with Crippen molar-refractivity contribution in [3.8, 4) is 0 Å². The highest BCUT2D eigenvalue weighted by Crippen LogP contribution is 2.17. The van der Waals surface area contributed by atoms with E-state index in [1.54, 1.807) is 0 Å². The normalized spacial score (nSPS) is 19.2. The fourth-order valence-corrected chi connectivity index (χ4v) is 3.26. The average molecular weight is 447 g/mol. The maximum Gasteiger partial charge on any atom is 0.191 e. The van der Waals surface area contributed by atoms with E-state index in [1.807, 2.05) is 7.05 Å². The van der Waals surface area contributed by atoms with Gasteiger partial charge in [0.2, 0.25) is 0 Å². The van der Waals surface area contributed by atoms with E-state index in [2.05, 4.69) is 63.5 Å². The lowest BCUT2D eigenvalue weighted by molar-refractivity contribution is 0.133. The third-order valence-electron chi connectivity index (χ3n) is 4.41. The van der Waals surface area contributed by atoms with Gasteiger partial charge in [-0.1, -0.05) is 20.3 Å². The molecule has 24 heavy (non-hydrogen) atoms. The summed E-state index contributed by atoms with van der Waals surface area (Å²) in [7, 11) is 1.84. The van der Waals surface area contributed by atoms with E-state index >= 15 is 0 Å². The Kier molecular flexibility index (Phi) is 10.4. The number of hydrogen-bond acceptors (Lipinski definition) is 2. The molecule has 1 saturated heterocycles. The number of piperidine rings is 1. The van der Waals surface area contributed by atoms with Crippen LogP contribution in [0, 0.1) is 5.92 Å². The minimum Gasteiger partial charge on any atom is -0.355 e. The van der Waals surface area contributed by atoms with Crippen LogP contribution < -0.4 is 10.6 Å². The van der Waals surface area contributed by atoms with Gasteiger partial charge in [-0.15, -0.1) is 24.0 Å². The SMILES string of the molecule is CN=C(NCCn1cccc1)NCC1CCCCN1CC(C)C.I. The van der Waals surface area contributed by atoms with Crippen molar-refractivity contribution in [3.63, 3.8) is 0 Å². The Morgan fingerprint density at radius 1 is 1.21 bits per heavy atom. The third kappa shape index (κ3) is 7.42. The highest BCUT2D eigenvalue weighted by molar-refractivity contribution is 14.0. The molecule has 1 aromatic heterocycles. The highest BCUT2D eigenvalue weighted by Gasteiger charge is 2.22. The molecule has 0 spiro atoms. The molecular formula is C18H34IN5. The van der Waals surface area contributed by atoms with Gasteiger partial charge in [-0.25, -0.2) is 0 Å². The zero-order valence-electron chi connectivity index (χ0n) is 15.4. The molecule has 0 bridgehead atoms. The van der Waals surface area contributed by atoms with Gasteiger partial charge in [0.1, 0.15) is 0 Å². The first-order valence-corrected chi connectivity index (χ1v) is 8.98. The summed E-state index contributed by atoms with van der Waals surface area (Å²) >= 11 is 0. The molecule has 1 atom stereocenters. The molecule has 2 rings (SSSR count). The molecule has 138 valence electrons. The van der Waals surface area contributed by atoms with Crippen molar-refractivity contribution >= 4 is 29.9 Å². The number of aliphatic imine (C=N–C) groups is 1. The summed E-state index contributed by atoms with van der Waals surface area (Å²) in [6, 6.07) is 4.74. The van der Waals surface area contributed by atoms with Crippen molar-refractivity contribution in [2.75, 3.05) is 33.2 Å². The number of nitrogens with one attached hydrogen (secondary N) is 2. The van der Waals surface area contributed by atoms with Gasteiger partial charge in [-0.3, -0.25) is 9.89 Å². The van der Waals surface area contributed by atoms with Crippen LogP contribution in [0.3, 0.4) is 0 Å². The van der Waals surface area contributed by atoms with E-state index in [-0.39, 0.29) is 24.0 Å². The van der Waals surface area contributed by atoms with Crippen molar-refractivity contribution in [2.24, 2.45) is 10.9 Å². The molecule has 2 N–H and O–H groups in total. The summed E-state index contributed by atoms with van der Waals surface area (Å²) in [6.45, 7) is 9.87. The van der Waals surface area contributed by atoms with E-state index in [9.17, 15) is 0 Å². The molecule has 1 unspecified atom stereocenters. The number of guanidine groups is 1. The zero-order chi connectivity index (χ0) is 16.5. The van der Waals surface area contributed by atoms with Crippen molar-refractivity contribution in [2.45, 2.75) is 45.7 Å². The highest BCUT2D eigenvalue weighted by atomic mass is 127. The molecule has 1 fully saturated rings. The second-order valence-electron chi connectivity index (χ2n) is 6.84. The van der Waals surface area contributed by atoms with E-state index in [0.29, 0.717) is 6.04 Å². The van der Waals surface area contributed by atoms with Crippen LogP contribution in [-0.2, 0) is 6.54 Å². The van der Waals surface area contributed by atoms with E-state index in [0.717, 1.165) is 31.5 Å². The molecule has 0 radical (unpaired) electrons. The number of rotatable bonds is 7. The molecule has 2 heterocycles. The minimum atomic E-state index is 0. The zero-order valence-corrected chi connectivity index (χ0v) is 17.7. The lowest BCUT2D eigenvalue weighted by Crippen LogP contribution is -2.50. The maximum absolute atomic E-state index is 4.34.